The normalized spacial score (nSPS) is 16.0. The Kier molecular flexibility index (Phi) is 5.09. The molecule has 3 aromatic rings. The van der Waals surface area contributed by atoms with Gasteiger partial charge in [-0.1, -0.05) is 35.9 Å². The van der Waals surface area contributed by atoms with Gasteiger partial charge in [0, 0.05) is 61.2 Å². The summed E-state index contributed by atoms with van der Waals surface area (Å²) in [6.45, 7) is 5.08. The second kappa shape index (κ2) is 8.04. The van der Waals surface area contributed by atoms with Gasteiger partial charge in [0.2, 0.25) is 0 Å². The lowest BCUT2D eigenvalue weighted by molar-refractivity contribution is 0.0747. The summed E-state index contributed by atoms with van der Waals surface area (Å²) in [7, 11) is 0. The number of benzene rings is 3. The molecule has 152 valence electrons. The summed E-state index contributed by atoms with van der Waals surface area (Å²) < 4.78 is 0. The van der Waals surface area contributed by atoms with Crippen molar-refractivity contribution in [2.45, 2.75) is 13.1 Å². The molecule has 1 saturated heterocycles. The Morgan fingerprint density at radius 3 is 1.77 bits per heavy atom. The van der Waals surface area contributed by atoms with Crippen molar-refractivity contribution in [1.29, 1.82) is 0 Å². The minimum absolute atomic E-state index is 0.0789. The summed E-state index contributed by atoms with van der Waals surface area (Å²) in [6.07, 6.45) is 0. The number of carbonyl (C=O) groups excluding carboxylic acids is 1. The molecular formula is C25H24ClN3O. The van der Waals surface area contributed by atoms with Gasteiger partial charge in [-0.05, 0) is 59.7 Å². The van der Waals surface area contributed by atoms with Crippen molar-refractivity contribution in [3.63, 3.8) is 0 Å². The van der Waals surface area contributed by atoms with Gasteiger partial charge in [-0.2, -0.15) is 0 Å². The molecule has 3 aromatic carbocycles. The van der Waals surface area contributed by atoms with E-state index in [9.17, 15) is 4.79 Å². The Morgan fingerprint density at radius 1 is 0.667 bits per heavy atom. The molecule has 30 heavy (non-hydrogen) atoms. The maximum Gasteiger partial charge on any atom is 0.253 e. The molecule has 5 rings (SSSR count). The first kappa shape index (κ1) is 19.0. The molecule has 4 nitrogen and oxygen atoms in total. The van der Waals surface area contributed by atoms with E-state index in [1.807, 2.05) is 4.90 Å². The quantitative estimate of drug-likeness (QED) is 0.611. The van der Waals surface area contributed by atoms with Crippen LogP contribution in [0, 0.1) is 0 Å². The highest BCUT2D eigenvalue weighted by atomic mass is 35.5. The van der Waals surface area contributed by atoms with Gasteiger partial charge >= 0.3 is 0 Å². The average Bonchev–Trinajstić information content (AvgIpc) is 3.24. The van der Waals surface area contributed by atoms with Crippen LogP contribution in [-0.2, 0) is 13.1 Å². The summed E-state index contributed by atoms with van der Waals surface area (Å²) in [4.78, 5) is 19.4. The van der Waals surface area contributed by atoms with Crippen molar-refractivity contribution in [2.24, 2.45) is 0 Å². The minimum atomic E-state index is 0.0789. The topological polar surface area (TPSA) is 26.8 Å². The van der Waals surface area contributed by atoms with Gasteiger partial charge in [0.25, 0.3) is 5.91 Å². The first-order chi connectivity index (χ1) is 14.7. The summed E-state index contributed by atoms with van der Waals surface area (Å²) in [5.74, 6) is 0.0789. The average molecular weight is 418 g/mol. The first-order valence-electron chi connectivity index (χ1n) is 10.4. The van der Waals surface area contributed by atoms with E-state index in [0.29, 0.717) is 10.6 Å². The largest absolute Gasteiger partial charge is 0.368 e. The molecule has 0 aromatic heterocycles. The number of rotatable bonds is 3. The standard InChI is InChI=1S/C25H24ClN3O/c26-22-7-5-19(6-8-22)25(30)28-15-13-27(14-16-28)23-9-11-24(12-10-23)29-17-20-3-1-2-4-21(20)18-29/h1-12H,13-18H2. The summed E-state index contributed by atoms with van der Waals surface area (Å²) in [5, 5.41) is 0.651. The molecule has 0 aliphatic carbocycles. The van der Waals surface area contributed by atoms with Gasteiger partial charge in [0.15, 0.2) is 0 Å². The van der Waals surface area contributed by atoms with E-state index >= 15 is 0 Å². The van der Waals surface area contributed by atoms with Crippen molar-refractivity contribution < 1.29 is 4.79 Å². The van der Waals surface area contributed by atoms with Crippen LogP contribution >= 0.6 is 11.6 Å². The SMILES string of the molecule is O=C(c1ccc(Cl)cc1)N1CCN(c2ccc(N3Cc4ccccc4C3)cc2)CC1. The van der Waals surface area contributed by atoms with Crippen LogP contribution in [0.15, 0.2) is 72.8 Å². The van der Waals surface area contributed by atoms with Gasteiger partial charge in [-0.3, -0.25) is 4.79 Å². The fourth-order valence-electron chi connectivity index (χ4n) is 4.33. The number of hydrogen-bond acceptors (Lipinski definition) is 3. The van der Waals surface area contributed by atoms with Gasteiger partial charge in [-0.25, -0.2) is 0 Å². The fourth-order valence-corrected chi connectivity index (χ4v) is 4.46. The highest BCUT2D eigenvalue weighted by Gasteiger charge is 2.23. The molecule has 2 aliphatic rings. The zero-order valence-electron chi connectivity index (χ0n) is 16.8. The lowest BCUT2D eigenvalue weighted by Gasteiger charge is -2.36. The summed E-state index contributed by atoms with van der Waals surface area (Å²) >= 11 is 5.93. The van der Waals surface area contributed by atoms with Crippen molar-refractivity contribution >= 4 is 28.9 Å². The molecule has 0 atom stereocenters. The molecular weight excluding hydrogens is 394 g/mol. The number of carbonyl (C=O) groups is 1. The molecule has 0 radical (unpaired) electrons. The maximum absolute atomic E-state index is 12.7. The van der Waals surface area contributed by atoms with Crippen LogP contribution in [0.4, 0.5) is 11.4 Å². The van der Waals surface area contributed by atoms with E-state index in [1.54, 1.807) is 24.3 Å². The van der Waals surface area contributed by atoms with E-state index < -0.39 is 0 Å². The number of piperazine rings is 1. The Labute approximate surface area is 182 Å². The third-order valence-electron chi connectivity index (χ3n) is 6.08. The van der Waals surface area contributed by atoms with Crippen LogP contribution in [0.25, 0.3) is 0 Å². The molecule has 0 spiro atoms. The lowest BCUT2D eigenvalue weighted by atomic mass is 10.1. The van der Waals surface area contributed by atoms with E-state index in [-0.39, 0.29) is 5.91 Å². The second-order valence-corrected chi connectivity index (χ2v) is 8.36. The monoisotopic (exact) mass is 417 g/mol. The molecule has 5 heteroatoms. The first-order valence-corrected chi connectivity index (χ1v) is 10.8. The van der Waals surface area contributed by atoms with Gasteiger partial charge in [0.05, 0.1) is 0 Å². The third-order valence-corrected chi connectivity index (χ3v) is 6.33. The predicted octanol–water partition coefficient (Wildman–Crippen LogP) is 4.82. The highest BCUT2D eigenvalue weighted by Crippen LogP contribution is 2.29. The molecule has 1 amide bonds. The van der Waals surface area contributed by atoms with Gasteiger partial charge < -0.3 is 14.7 Å². The minimum Gasteiger partial charge on any atom is -0.368 e. The number of nitrogens with zero attached hydrogens (tertiary/aromatic N) is 3. The number of anilines is 2. The summed E-state index contributed by atoms with van der Waals surface area (Å²) in [5.41, 5.74) is 6.01. The Balaban J connectivity index is 1.20. The number of fused-ring (bicyclic) bond motifs is 1. The number of hydrogen-bond donors (Lipinski definition) is 0. The van der Waals surface area contributed by atoms with Gasteiger partial charge in [0.1, 0.15) is 0 Å². The Hall–Kier alpha value is -2.98. The van der Waals surface area contributed by atoms with Crippen LogP contribution in [0.1, 0.15) is 21.5 Å². The van der Waals surface area contributed by atoms with Crippen LogP contribution in [0.3, 0.4) is 0 Å². The zero-order valence-corrected chi connectivity index (χ0v) is 17.6. The van der Waals surface area contributed by atoms with E-state index in [0.717, 1.165) is 39.3 Å². The molecule has 0 unspecified atom stereocenters. The smallest absolute Gasteiger partial charge is 0.253 e. The molecule has 0 bridgehead atoms. The van der Waals surface area contributed by atoms with Crippen molar-refractivity contribution in [2.75, 3.05) is 36.0 Å². The van der Waals surface area contributed by atoms with Gasteiger partial charge in [-0.15, -0.1) is 0 Å². The molecule has 0 saturated carbocycles. The molecule has 2 aliphatic heterocycles. The van der Waals surface area contributed by atoms with E-state index in [1.165, 1.54) is 22.5 Å². The zero-order chi connectivity index (χ0) is 20.5. The third kappa shape index (κ3) is 3.75. The summed E-state index contributed by atoms with van der Waals surface area (Å²) in [6, 6.07) is 24.6. The van der Waals surface area contributed by atoms with Crippen LogP contribution in [0.5, 0.6) is 0 Å². The second-order valence-electron chi connectivity index (χ2n) is 7.93. The van der Waals surface area contributed by atoms with Crippen molar-refractivity contribution in [3.8, 4) is 0 Å². The van der Waals surface area contributed by atoms with Crippen molar-refractivity contribution in [1.82, 2.24) is 4.90 Å². The fraction of sp³-hybridized carbons (Fsp3) is 0.240. The van der Waals surface area contributed by atoms with Crippen molar-refractivity contribution in [3.05, 3.63) is 94.5 Å². The van der Waals surface area contributed by atoms with Crippen LogP contribution < -0.4 is 9.80 Å². The highest BCUT2D eigenvalue weighted by molar-refractivity contribution is 6.30. The van der Waals surface area contributed by atoms with Crippen LogP contribution in [0.2, 0.25) is 5.02 Å². The molecule has 2 heterocycles. The Morgan fingerprint density at radius 2 is 1.20 bits per heavy atom. The number of halogens is 1. The maximum atomic E-state index is 12.7. The molecule has 1 fully saturated rings. The predicted molar refractivity (Wildman–Crippen MR) is 122 cm³/mol. The molecule has 0 N–H and O–H groups in total. The van der Waals surface area contributed by atoms with E-state index in [4.69, 9.17) is 11.6 Å². The Bertz CT molecular complexity index is 1020. The number of amides is 1. The lowest BCUT2D eigenvalue weighted by Crippen LogP contribution is -2.48. The van der Waals surface area contributed by atoms with Crippen LogP contribution in [-0.4, -0.2) is 37.0 Å². The van der Waals surface area contributed by atoms with E-state index in [2.05, 4.69) is 58.3 Å².